The highest BCUT2D eigenvalue weighted by Crippen LogP contribution is 2.49. The van der Waals surface area contributed by atoms with Crippen LogP contribution in [0.4, 0.5) is 11.4 Å². The molecule has 0 spiro atoms. The highest BCUT2D eigenvalue weighted by Gasteiger charge is 2.42. The summed E-state index contributed by atoms with van der Waals surface area (Å²) in [6.07, 6.45) is 7.69. The Morgan fingerprint density at radius 2 is 0.975 bits per heavy atom. The molecule has 15 heteroatoms. The fourth-order valence-electron chi connectivity index (χ4n) is 5.84. The third-order valence-electron chi connectivity index (χ3n) is 7.79. The molecule has 0 heterocycles. The van der Waals surface area contributed by atoms with Crippen LogP contribution in [0.15, 0.2) is 34.1 Å². The monoisotopic (exact) mass is 592 g/mol. The van der Waals surface area contributed by atoms with Crippen LogP contribution in [-0.2, 0) is 20.0 Å². The van der Waals surface area contributed by atoms with E-state index in [1.54, 1.807) is 0 Å². The minimum absolute atomic E-state index is 0.357. The molecule has 0 aromatic heterocycles. The molecule has 214 valence electrons. The number of sulfonamides is 2. The summed E-state index contributed by atoms with van der Waals surface area (Å²) in [5.41, 5.74) is -3.23. The second-order valence-electron chi connectivity index (χ2n) is 10.5. The number of rotatable bonds is 8. The van der Waals surface area contributed by atoms with Gasteiger partial charge in [-0.3, -0.25) is 25.0 Å². The molecule has 0 amide bonds. The lowest BCUT2D eigenvalue weighted by molar-refractivity contribution is -0.386. The summed E-state index contributed by atoms with van der Waals surface area (Å²) >= 11 is 0. The summed E-state index contributed by atoms with van der Waals surface area (Å²) in [6.45, 7) is 0. The number of carbonyl (C=O) groups excluding carboxylic acids is 1. The molecule has 2 aromatic carbocycles. The van der Waals surface area contributed by atoms with Crippen molar-refractivity contribution in [1.29, 1.82) is 0 Å². The fraction of sp³-hybridized carbons (Fsp3) is 0.480. The van der Waals surface area contributed by atoms with Gasteiger partial charge in [-0.05, 0) is 37.8 Å². The van der Waals surface area contributed by atoms with Gasteiger partial charge in [-0.1, -0.05) is 38.5 Å². The highest BCUT2D eigenvalue weighted by molar-refractivity contribution is 7.89. The van der Waals surface area contributed by atoms with Crippen LogP contribution < -0.4 is 9.44 Å². The molecule has 13 nitrogen and oxygen atoms in total. The van der Waals surface area contributed by atoms with Crippen LogP contribution >= 0.6 is 0 Å². The molecule has 2 N–H and O–H groups in total. The normalized spacial score (nSPS) is 18.4. The molecule has 3 aliphatic carbocycles. The van der Waals surface area contributed by atoms with Crippen molar-refractivity contribution in [2.24, 2.45) is 0 Å². The number of nitrogens with zero attached hydrogens (tertiary/aromatic N) is 2. The van der Waals surface area contributed by atoms with Gasteiger partial charge in [0.25, 0.3) is 11.4 Å². The number of carbonyl (C=O) groups is 1. The second kappa shape index (κ2) is 10.6. The predicted molar refractivity (Wildman–Crippen MR) is 143 cm³/mol. The van der Waals surface area contributed by atoms with Gasteiger partial charge in [-0.25, -0.2) is 26.3 Å². The van der Waals surface area contributed by atoms with Crippen molar-refractivity contribution in [1.82, 2.24) is 9.44 Å². The average molecular weight is 593 g/mol. The number of nitrogens with one attached hydrogen (secondary N) is 2. The van der Waals surface area contributed by atoms with Gasteiger partial charge < -0.3 is 0 Å². The van der Waals surface area contributed by atoms with Gasteiger partial charge in [0.2, 0.25) is 20.0 Å². The molecule has 3 aliphatic rings. The summed E-state index contributed by atoms with van der Waals surface area (Å²) in [6, 6.07) is 2.78. The van der Waals surface area contributed by atoms with Gasteiger partial charge >= 0.3 is 0 Å². The maximum atomic E-state index is 13.5. The third-order valence-corrected chi connectivity index (χ3v) is 10.8. The quantitative estimate of drug-likeness (QED) is 0.287. The van der Waals surface area contributed by atoms with Crippen LogP contribution in [0.1, 0.15) is 80.1 Å². The van der Waals surface area contributed by atoms with E-state index in [1.807, 2.05) is 0 Å². The number of benzene rings is 2. The van der Waals surface area contributed by atoms with E-state index in [4.69, 9.17) is 0 Å². The lowest BCUT2D eigenvalue weighted by Gasteiger charge is -2.22. The molecule has 2 saturated carbocycles. The predicted octanol–water partition coefficient (Wildman–Crippen LogP) is 3.94. The van der Waals surface area contributed by atoms with Crippen LogP contribution in [0.25, 0.3) is 11.1 Å². The van der Waals surface area contributed by atoms with Crippen molar-refractivity contribution < 1.29 is 31.5 Å². The number of nitro groups is 2. The van der Waals surface area contributed by atoms with Crippen molar-refractivity contribution in [3.05, 3.63) is 55.6 Å². The Bertz CT molecular complexity index is 1510. The van der Waals surface area contributed by atoms with E-state index in [-0.39, 0.29) is 12.1 Å². The molecule has 5 rings (SSSR count). The summed E-state index contributed by atoms with van der Waals surface area (Å²) < 4.78 is 57.7. The summed E-state index contributed by atoms with van der Waals surface area (Å²) in [7, 11) is -8.54. The molecule has 2 fully saturated rings. The van der Waals surface area contributed by atoms with E-state index in [0.717, 1.165) is 62.8 Å². The first-order chi connectivity index (χ1) is 18.9. The van der Waals surface area contributed by atoms with Crippen LogP contribution in [0.3, 0.4) is 0 Å². The highest BCUT2D eigenvalue weighted by atomic mass is 32.2. The van der Waals surface area contributed by atoms with E-state index in [9.17, 15) is 41.9 Å². The largest absolute Gasteiger partial charge is 0.289 e. The molecular weight excluding hydrogens is 564 g/mol. The van der Waals surface area contributed by atoms with Crippen molar-refractivity contribution in [2.75, 3.05) is 0 Å². The lowest BCUT2D eigenvalue weighted by Crippen LogP contribution is -2.36. The number of nitro benzene ring substituents is 2. The van der Waals surface area contributed by atoms with Crippen molar-refractivity contribution in [3.8, 4) is 11.1 Å². The lowest BCUT2D eigenvalue weighted by atomic mass is 9.96. The molecule has 0 saturated heterocycles. The zero-order valence-electron chi connectivity index (χ0n) is 21.4. The SMILES string of the molecule is O=C1c2cc(S(=O)(=O)NC3CCCCC3)cc([N+](=O)[O-])c2-c2c1cc(S(=O)(=O)NC1CCCCC1)cc2[N+](=O)[O-]. The topological polar surface area (TPSA) is 196 Å². The Morgan fingerprint density at radius 3 is 1.30 bits per heavy atom. The zero-order chi connectivity index (χ0) is 28.8. The first-order valence-electron chi connectivity index (χ1n) is 13.1. The van der Waals surface area contributed by atoms with Crippen LogP contribution in [0.5, 0.6) is 0 Å². The summed E-state index contributed by atoms with van der Waals surface area (Å²) in [5.74, 6) is -0.930. The molecule has 0 unspecified atom stereocenters. The molecule has 2 aromatic rings. The molecule has 40 heavy (non-hydrogen) atoms. The van der Waals surface area contributed by atoms with Crippen LogP contribution in [0.2, 0.25) is 0 Å². The maximum Gasteiger partial charge on any atom is 0.279 e. The molecular formula is C25H28N4O9S2. The van der Waals surface area contributed by atoms with Gasteiger partial charge in [0.1, 0.15) is 0 Å². The van der Waals surface area contributed by atoms with Crippen molar-refractivity contribution in [3.63, 3.8) is 0 Å². The fourth-order valence-corrected chi connectivity index (χ4v) is 8.55. The van der Waals surface area contributed by atoms with E-state index in [2.05, 4.69) is 9.44 Å². The number of hydrogen-bond donors (Lipinski definition) is 2. The summed E-state index contributed by atoms with van der Waals surface area (Å²) in [4.78, 5) is 34.8. The number of fused-ring (bicyclic) bond motifs is 3. The Kier molecular flexibility index (Phi) is 7.50. The van der Waals surface area contributed by atoms with E-state index >= 15 is 0 Å². The zero-order valence-corrected chi connectivity index (χ0v) is 23.1. The van der Waals surface area contributed by atoms with Gasteiger partial charge in [0.05, 0.1) is 30.8 Å². The van der Waals surface area contributed by atoms with Crippen LogP contribution in [0, 0.1) is 20.2 Å². The second-order valence-corrected chi connectivity index (χ2v) is 13.9. The van der Waals surface area contributed by atoms with E-state index in [0.29, 0.717) is 25.7 Å². The van der Waals surface area contributed by atoms with E-state index in [1.165, 1.54) is 0 Å². The van der Waals surface area contributed by atoms with Gasteiger partial charge in [-0.2, -0.15) is 0 Å². The smallest absolute Gasteiger partial charge is 0.279 e. The van der Waals surface area contributed by atoms with Gasteiger partial charge in [-0.15, -0.1) is 0 Å². The number of hydrogen-bond acceptors (Lipinski definition) is 9. The first-order valence-corrected chi connectivity index (χ1v) is 16.1. The first kappa shape index (κ1) is 28.3. The Labute approximate surface area is 230 Å². The minimum atomic E-state index is -4.27. The Hall–Kier alpha value is -3.27. The molecule has 0 bridgehead atoms. The minimum Gasteiger partial charge on any atom is -0.289 e. The standard InChI is InChI=1S/C25H28N4O9S2/c30-25-19-11-17(39(35,36)26-15-7-3-1-4-8-15)13-21(28(31)32)23(19)24-20(25)12-18(14-22(24)29(33)34)40(37,38)27-16-9-5-2-6-10-16/h11-16,26-27H,1-10H2. The van der Waals surface area contributed by atoms with Crippen LogP contribution in [-0.4, -0.2) is 44.5 Å². The molecule has 0 aliphatic heterocycles. The third kappa shape index (κ3) is 5.25. The Morgan fingerprint density at radius 1 is 0.625 bits per heavy atom. The number of ketones is 1. The Balaban J connectivity index is 1.62. The van der Waals surface area contributed by atoms with Gasteiger partial charge in [0.15, 0.2) is 5.78 Å². The maximum absolute atomic E-state index is 13.5. The molecule has 0 radical (unpaired) electrons. The summed E-state index contributed by atoms with van der Waals surface area (Å²) in [5, 5.41) is 24.2. The average Bonchev–Trinajstić information content (AvgIpc) is 3.20. The van der Waals surface area contributed by atoms with E-state index < -0.39 is 79.1 Å². The van der Waals surface area contributed by atoms with Gasteiger partial charge in [0, 0.05) is 35.3 Å². The van der Waals surface area contributed by atoms with Crippen molar-refractivity contribution in [2.45, 2.75) is 86.1 Å². The van der Waals surface area contributed by atoms with Crippen molar-refractivity contribution >= 4 is 37.2 Å². The molecule has 0 atom stereocenters.